The summed E-state index contributed by atoms with van der Waals surface area (Å²) in [7, 11) is 0. The van der Waals surface area contributed by atoms with E-state index in [2.05, 4.69) is 15.5 Å². The Kier molecular flexibility index (Phi) is 3.02. The molecule has 102 valence electrons. The second kappa shape index (κ2) is 4.85. The van der Waals surface area contributed by atoms with Crippen molar-refractivity contribution in [1.29, 1.82) is 0 Å². The molecule has 3 rings (SSSR count). The molecular formula is C15H14FN3O. The van der Waals surface area contributed by atoms with Gasteiger partial charge in [0.2, 0.25) is 0 Å². The summed E-state index contributed by atoms with van der Waals surface area (Å²) in [5.74, 6) is -0.285. The second-order valence-corrected chi connectivity index (χ2v) is 4.74. The number of nitrogens with one attached hydrogen (secondary N) is 2. The third-order valence-corrected chi connectivity index (χ3v) is 3.28. The molecule has 20 heavy (non-hydrogen) atoms. The quantitative estimate of drug-likeness (QED) is 0.682. The largest absolute Gasteiger partial charge is 0.508 e. The van der Waals surface area contributed by atoms with Gasteiger partial charge in [0.05, 0.1) is 17.8 Å². The number of anilines is 1. The normalized spacial score (nSPS) is 12.5. The summed E-state index contributed by atoms with van der Waals surface area (Å²) in [4.78, 5) is 0. The van der Waals surface area contributed by atoms with Crippen molar-refractivity contribution in [1.82, 2.24) is 10.2 Å². The highest BCUT2D eigenvalue weighted by Gasteiger charge is 2.11. The number of phenols is 1. The number of hydrogen-bond donors (Lipinski definition) is 3. The number of aromatic amines is 1. The van der Waals surface area contributed by atoms with Crippen LogP contribution in [0.3, 0.4) is 0 Å². The fraction of sp³-hybridized carbons (Fsp3) is 0.133. The van der Waals surface area contributed by atoms with Crippen molar-refractivity contribution < 1.29 is 9.50 Å². The van der Waals surface area contributed by atoms with Crippen molar-refractivity contribution >= 4 is 16.6 Å². The number of rotatable bonds is 3. The first kappa shape index (κ1) is 12.5. The van der Waals surface area contributed by atoms with Crippen LogP contribution in [-0.2, 0) is 0 Å². The molecule has 3 aromatic rings. The summed E-state index contributed by atoms with van der Waals surface area (Å²) in [5, 5.41) is 20.9. The summed E-state index contributed by atoms with van der Waals surface area (Å²) in [5.41, 5.74) is 2.36. The highest BCUT2D eigenvalue weighted by Crippen LogP contribution is 2.28. The lowest BCUT2D eigenvalue weighted by atomic mass is 10.1. The third-order valence-electron chi connectivity index (χ3n) is 3.28. The first-order valence-electron chi connectivity index (χ1n) is 6.31. The number of aromatic nitrogens is 2. The zero-order valence-electron chi connectivity index (χ0n) is 10.9. The van der Waals surface area contributed by atoms with Crippen molar-refractivity contribution in [3.05, 3.63) is 54.0 Å². The predicted molar refractivity (Wildman–Crippen MR) is 76.2 cm³/mol. The van der Waals surface area contributed by atoms with Gasteiger partial charge < -0.3 is 10.4 Å². The van der Waals surface area contributed by atoms with E-state index in [0.717, 1.165) is 16.6 Å². The van der Waals surface area contributed by atoms with Crippen molar-refractivity contribution in [3.8, 4) is 5.75 Å². The van der Waals surface area contributed by atoms with Gasteiger partial charge in [0, 0.05) is 16.6 Å². The molecule has 0 bridgehead atoms. The summed E-state index contributed by atoms with van der Waals surface area (Å²) >= 11 is 0. The molecule has 2 aromatic carbocycles. The lowest BCUT2D eigenvalue weighted by Gasteiger charge is -2.17. The van der Waals surface area contributed by atoms with Gasteiger partial charge >= 0.3 is 0 Å². The highest BCUT2D eigenvalue weighted by atomic mass is 19.1. The molecule has 0 aliphatic carbocycles. The Morgan fingerprint density at radius 3 is 2.95 bits per heavy atom. The number of hydrogen-bond acceptors (Lipinski definition) is 3. The maximum absolute atomic E-state index is 13.3. The van der Waals surface area contributed by atoms with Crippen LogP contribution in [-0.4, -0.2) is 15.3 Å². The molecule has 0 saturated carbocycles. The fourth-order valence-corrected chi connectivity index (χ4v) is 2.23. The Bertz CT molecular complexity index is 754. The molecule has 0 fully saturated rings. The van der Waals surface area contributed by atoms with Crippen LogP contribution in [0.1, 0.15) is 18.5 Å². The Morgan fingerprint density at radius 1 is 1.25 bits per heavy atom. The van der Waals surface area contributed by atoms with E-state index in [9.17, 15) is 9.50 Å². The zero-order valence-corrected chi connectivity index (χ0v) is 10.9. The average Bonchev–Trinajstić information content (AvgIpc) is 2.89. The van der Waals surface area contributed by atoms with Crippen LogP contribution in [0.15, 0.2) is 42.6 Å². The predicted octanol–water partition coefficient (Wildman–Crippen LogP) is 3.58. The van der Waals surface area contributed by atoms with Crippen molar-refractivity contribution in [3.63, 3.8) is 0 Å². The summed E-state index contributed by atoms with van der Waals surface area (Å²) in [6, 6.07) is 9.51. The molecule has 1 unspecified atom stereocenters. The number of fused-ring (bicyclic) bond motifs is 1. The summed E-state index contributed by atoms with van der Waals surface area (Å²) < 4.78 is 13.3. The average molecular weight is 271 g/mol. The molecule has 1 atom stereocenters. The molecule has 0 amide bonds. The van der Waals surface area contributed by atoms with Gasteiger partial charge in [0.15, 0.2) is 0 Å². The minimum atomic E-state index is -0.364. The maximum Gasteiger partial charge on any atom is 0.123 e. The molecule has 3 N–H and O–H groups in total. The van der Waals surface area contributed by atoms with Gasteiger partial charge in [-0.3, -0.25) is 5.10 Å². The Hall–Kier alpha value is -2.56. The van der Waals surface area contributed by atoms with E-state index in [1.165, 1.54) is 18.2 Å². The minimum absolute atomic E-state index is 0.0794. The van der Waals surface area contributed by atoms with Crippen LogP contribution in [0.25, 0.3) is 10.9 Å². The van der Waals surface area contributed by atoms with E-state index in [4.69, 9.17) is 0 Å². The molecule has 1 aromatic heterocycles. The Labute approximate surface area is 115 Å². The number of nitrogens with zero attached hydrogens (tertiary/aromatic N) is 1. The highest BCUT2D eigenvalue weighted by molar-refractivity contribution is 5.81. The van der Waals surface area contributed by atoms with Gasteiger partial charge in [-0.1, -0.05) is 0 Å². The molecule has 0 aliphatic rings. The van der Waals surface area contributed by atoms with Crippen LogP contribution in [0, 0.1) is 5.82 Å². The van der Waals surface area contributed by atoms with Gasteiger partial charge in [0.25, 0.3) is 0 Å². The van der Waals surface area contributed by atoms with Crippen LogP contribution in [0.4, 0.5) is 10.1 Å². The number of H-pyrrole nitrogens is 1. The number of aromatic hydroxyl groups is 1. The number of phenolic OH excluding ortho intramolecular Hbond substituents is 1. The zero-order chi connectivity index (χ0) is 14.1. The molecule has 0 radical (unpaired) electrons. The van der Waals surface area contributed by atoms with Gasteiger partial charge in [0.1, 0.15) is 11.6 Å². The van der Waals surface area contributed by atoms with Crippen LogP contribution < -0.4 is 5.32 Å². The van der Waals surface area contributed by atoms with E-state index in [1.54, 1.807) is 6.20 Å². The fourth-order valence-electron chi connectivity index (χ4n) is 2.23. The molecule has 0 saturated heterocycles. The minimum Gasteiger partial charge on any atom is -0.508 e. The van der Waals surface area contributed by atoms with E-state index in [0.29, 0.717) is 5.56 Å². The van der Waals surface area contributed by atoms with Crippen molar-refractivity contribution in [2.45, 2.75) is 13.0 Å². The van der Waals surface area contributed by atoms with Gasteiger partial charge in [-0.05, 0) is 43.3 Å². The molecular weight excluding hydrogens is 257 g/mol. The molecule has 1 heterocycles. The van der Waals surface area contributed by atoms with Crippen molar-refractivity contribution in [2.24, 2.45) is 0 Å². The monoisotopic (exact) mass is 271 g/mol. The van der Waals surface area contributed by atoms with E-state index in [-0.39, 0.29) is 17.6 Å². The number of halogens is 1. The lowest BCUT2D eigenvalue weighted by Crippen LogP contribution is -2.07. The smallest absolute Gasteiger partial charge is 0.123 e. The Morgan fingerprint density at radius 2 is 2.10 bits per heavy atom. The first-order valence-corrected chi connectivity index (χ1v) is 6.31. The molecule has 0 spiro atoms. The third kappa shape index (κ3) is 2.30. The van der Waals surface area contributed by atoms with Gasteiger partial charge in [-0.25, -0.2) is 4.39 Å². The standard InChI is InChI=1S/C15H14FN3O/c1-9(13-7-11(16)2-5-15(13)20)18-12-3-4-14-10(6-12)8-17-19-14/h2-9,18,20H,1H3,(H,17,19). The van der Waals surface area contributed by atoms with Crippen molar-refractivity contribution in [2.75, 3.05) is 5.32 Å². The Balaban J connectivity index is 1.87. The number of benzene rings is 2. The van der Waals surface area contributed by atoms with Gasteiger partial charge in [-0.2, -0.15) is 5.10 Å². The van der Waals surface area contributed by atoms with Crippen LogP contribution in [0.5, 0.6) is 5.75 Å². The van der Waals surface area contributed by atoms with Crippen LogP contribution >= 0.6 is 0 Å². The summed E-state index contributed by atoms with van der Waals surface area (Å²) in [6.07, 6.45) is 1.74. The molecule has 0 aliphatic heterocycles. The van der Waals surface area contributed by atoms with E-state index in [1.807, 2.05) is 25.1 Å². The van der Waals surface area contributed by atoms with Crippen LogP contribution in [0.2, 0.25) is 0 Å². The van der Waals surface area contributed by atoms with E-state index >= 15 is 0 Å². The van der Waals surface area contributed by atoms with E-state index < -0.39 is 0 Å². The SMILES string of the molecule is CC(Nc1ccc2[nH]ncc2c1)c1cc(F)ccc1O. The lowest BCUT2D eigenvalue weighted by molar-refractivity contribution is 0.462. The molecule has 4 nitrogen and oxygen atoms in total. The maximum atomic E-state index is 13.3. The topological polar surface area (TPSA) is 60.9 Å². The second-order valence-electron chi connectivity index (χ2n) is 4.74. The van der Waals surface area contributed by atoms with Gasteiger partial charge in [-0.15, -0.1) is 0 Å². The molecule has 5 heteroatoms. The summed E-state index contributed by atoms with van der Waals surface area (Å²) in [6.45, 7) is 1.87. The first-order chi connectivity index (χ1) is 9.63.